The van der Waals surface area contributed by atoms with Crippen molar-refractivity contribution in [1.29, 1.82) is 0 Å². The monoisotopic (exact) mass is 321 g/mol. The summed E-state index contributed by atoms with van der Waals surface area (Å²) < 4.78 is 0. The Morgan fingerprint density at radius 3 is 2.52 bits per heavy atom. The van der Waals surface area contributed by atoms with Crippen LogP contribution in [0.15, 0.2) is 72.8 Å². The standard InChI is InChI=1S/C20H16ClNO/c21-16-8-3-5-14(13-16)11-12-19(20(22)23)18-10-4-7-15-6-1-2-9-17(15)18/h1-13,19H,(H2,22,23). The van der Waals surface area contributed by atoms with Crippen LogP contribution in [0, 0.1) is 0 Å². The molecule has 3 aromatic rings. The van der Waals surface area contributed by atoms with Crippen LogP contribution in [0.1, 0.15) is 17.0 Å². The van der Waals surface area contributed by atoms with Crippen molar-refractivity contribution in [1.82, 2.24) is 0 Å². The summed E-state index contributed by atoms with van der Waals surface area (Å²) in [4.78, 5) is 12.0. The van der Waals surface area contributed by atoms with Gasteiger partial charge in [-0.15, -0.1) is 0 Å². The molecule has 114 valence electrons. The molecule has 1 atom stereocenters. The summed E-state index contributed by atoms with van der Waals surface area (Å²) in [5, 5.41) is 2.79. The van der Waals surface area contributed by atoms with Gasteiger partial charge in [-0.05, 0) is 34.0 Å². The third kappa shape index (κ3) is 3.43. The summed E-state index contributed by atoms with van der Waals surface area (Å²) in [6, 6.07) is 21.4. The first-order valence-electron chi connectivity index (χ1n) is 7.36. The zero-order chi connectivity index (χ0) is 16.2. The summed E-state index contributed by atoms with van der Waals surface area (Å²) in [5.41, 5.74) is 7.48. The number of nitrogens with two attached hydrogens (primary N) is 1. The van der Waals surface area contributed by atoms with Crippen LogP contribution in [0.2, 0.25) is 5.02 Å². The van der Waals surface area contributed by atoms with E-state index in [-0.39, 0.29) is 5.91 Å². The van der Waals surface area contributed by atoms with Crippen molar-refractivity contribution in [3.8, 4) is 0 Å². The van der Waals surface area contributed by atoms with Crippen molar-refractivity contribution in [2.75, 3.05) is 0 Å². The SMILES string of the molecule is NC(=O)C(C=Cc1cccc(Cl)c1)c1cccc2ccccc12. The molecule has 0 aliphatic heterocycles. The van der Waals surface area contributed by atoms with Crippen molar-refractivity contribution in [3.63, 3.8) is 0 Å². The predicted octanol–water partition coefficient (Wildman–Crippen LogP) is 4.78. The molecule has 0 aromatic heterocycles. The highest BCUT2D eigenvalue weighted by Crippen LogP contribution is 2.27. The van der Waals surface area contributed by atoms with Crippen molar-refractivity contribution in [2.24, 2.45) is 5.73 Å². The molecule has 0 heterocycles. The Hall–Kier alpha value is -2.58. The van der Waals surface area contributed by atoms with Crippen LogP contribution in [-0.2, 0) is 4.79 Å². The Balaban J connectivity index is 2.03. The van der Waals surface area contributed by atoms with Crippen LogP contribution in [-0.4, -0.2) is 5.91 Å². The molecular formula is C20H16ClNO. The topological polar surface area (TPSA) is 43.1 Å². The van der Waals surface area contributed by atoms with Gasteiger partial charge < -0.3 is 5.73 Å². The van der Waals surface area contributed by atoms with Gasteiger partial charge in [0, 0.05) is 5.02 Å². The second-order valence-corrected chi connectivity index (χ2v) is 5.80. The quantitative estimate of drug-likeness (QED) is 0.738. The first kappa shape index (κ1) is 15.3. The van der Waals surface area contributed by atoms with Crippen molar-refractivity contribution in [3.05, 3.63) is 89.0 Å². The number of fused-ring (bicyclic) bond motifs is 1. The van der Waals surface area contributed by atoms with Crippen LogP contribution >= 0.6 is 11.6 Å². The number of rotatable bonds is 4. The Bertz CT molecular complexity index is 880. The Kier molecular flexibility index (Phi) is 4.45. The minimum Gasteiger partial charge on any atom is -0.369 e. The number of amides is 1. The minimum absolute atomic E-state index is 0.375. The molecule has 3 heteroatoms. The normalized spacial score (nSPS) is 12.6. The molecule has 0 radical (unpaired) electrons. The lowest BCUT2D eigenvalue weighted by Crippen LogP contribution is -2.20. The summed E-state index contributed by atoms with van der Waals surface area (Å²) >= 11 is 5.99. The fraction of sp³-hybridized carbons (Fsp3) is 0.0500. The third-order valence-corrected chi connectivity index (χ3v) is 4.03. The number of halogens is 1. The van der Waals surface area contributed by atoms with Crippen molar-refractivity contribution < 1.29 is 4.79 Å². The Morgan fingerprint density at radius 1 is 1.00 bits per heavy atom. The van der Waals surface area contributed by atoms with E-state index < -0.39 is 5.92 Å². The summed E-state index contributed by atoms with van der Waals surface area (Å²) in [5.74, 6) is -0.861. The molecule has 1 unspecified atom stereocenters. The highest BCUT2D eigenvalue weighted by atomic mass is 35.5. The lowest BCUT2D eigenvalue weighted by atomic mass is 9.92. The first-order valence-corrected chi connectivity index (χ1v) is 7.74. The van der Waals surface area contributed by atoms with E-state index in [0.29, 0.717) is 5.02 Å². The van der Waals surface area contributed by atoms with Gasteiger partial charge in [0.2, 0.25) is 5.91 Å². The maximum atomic E-state index is 12.0. The average molecular weight is 322 g/mol. The Labute approximate surface area is 140 Å². The van der Waals surface area contributed by atoms with Gasteiger partial charge in [0.1, 0.15) is 0 Å². The highest BCUT2D eigenvalue weighted by molar-refractivity contribution is 6.30. The van der Waals surface area contributed by atoms with Crippen LogP contribution in [0.5, 0.6) is 0 Å². The fourth-order valence-corrected chi connectivity index (χ4v) is 2.89. The van der Waals surface area contributed by atoms with Crippen molar-refractivity contribution >= 4 is 34.4 Å². The van der Waals surface area contributed by atoms with Gasteiger partial charge in [-0.1, -0.05) is 78.4 Å². The molecular weight excluding hydrogens is 306 g/mol. The number of hydrogen-bond acceptors (Lipinski definition) is 1. The third-order valence-electron chi connectivity index (χ3n) is 3.79. The number of primary amides is 1. The summed E-state index contributed by atoms with van der Waals surface area (Å²) in [6.45, 7) is 0. The van der Waals surface area contributed by atoms with Gasteiger partial charge >= 0.3 is 0 Å². The maximum Gasteiger partial charge on any atom is 0.228 e. The van der Waals surface area contributed by atoms with Crippen LogP contribution in [0.4, 0.5) is 0 Å². The van der Waals surface area contributed by atoms with E-state index in [1.165, 1.54) is 0 Å². The first-order chi connectivity index (χ1) is 11.1. The molecule has 2 N–H and O–H groups in total. The predicted molar refractivity (Wildman–Crippen MR) is 96.4 cm³/mol. The molecule has 23 heavy (non-hydrogen) atoms. The lowest BCUT2D eigenvalue weighted by Gasteiger charge is -2.12. The van der Waals surface area contributed by atoms with Gasteiger partial charge in [-0.25, -0.2) is 0 Å². The smallest absolute Gasteiger partial charge is 0.228 e. The fourth-order valence-electron chi connectivity index (χ4n) is 2.69. The zero-order valence-electron chi connectivity index (χ0n) is 12.4. The van der Waals surface area contributed by atoms with E-state index in [0.717, 1.165) is 21.9 Å². The molecule has 0 fully saturated rings. The second kappa shape index (κ2) is 6.67. The Morgan fingerprint density at radius 2 is 1.74 bits per heavy atom. The molecule has 0 aliphatic rings. The molecule has 2 nitrogen and oxygen atoms in total. The van der Waals surface area contributed by atoms with Gasteiger partial charge in [0.15, 0.2) is 0 Å². The molecule has 0 bridgehead atoms. The van der Waals surface area contributed by atoms with Crippen LogP contribution in [0.3, 0.4) is 0 Å². The van der Waals surface area contributed by atoms with E-state index >= 15 is 0 Å². The summed E-state index contributed by atoms with van der Waals surface area (Å²) in [6.07, 6.45) is 3.71. The van der Waals surface area contributed by atoms with E-state index in [2.05, 4.69) is 0 Å². The number of carbonyl (C=O) groups is 1. The number of benzene rings is 3. The van der Waals surface area contributed by atoms with Crippen molar-refractivity contribution in [2.45, 2.75) is 5.92 Å². The minimum atomic E-state index is -0.486. The number of carbonyl (C=O) groups excluding carboxylic acids is 1. The van der Waals surface area contributed by atoms with E-state index in [4.69, 9.17) is 17.3 Å². The highest BCUT2D eigenvalue weighted by Gasteiger charge is 2.16. The van der Waals surface area contributed by atoms with E-state index in [9.17, 15) is 4.79 Å². The van der Waals surface area contributed by atoms with Gasteiger partial charge in [-0.2, -0.15) is 0 Å². The molecule has 0 saturated heterocycles. The maximum absolute atomic E-state index is 12.0. The number of hydrogen-bond donors (Lipinski definition) is 1. The van der Waals surface area contributed by atoms with Crippen LogP contribution in [0.25, 0.3) is 16.8 Å². The van der Waals surface area contributed by atoms with E-state index in [1.807, 2.05) is 78.9 Å². The van der Waals surface area contributed by atoms with Gasteiger partial charge in [0.25, 0.3) is 0 Å². The molecule has 0 aliphatic carbocycles. The molecule has 0 spiro atoms. The molecule has 3 aromatic carbocycles. The molecule has 0 saturated carbocycles. The van der Waals surface area contributed by atoms with Crippen LogP contribution < -0.4 is 5.73 Å². The van der Waals surface area contributed by atoms with Gasteiger partial charge in [-0.3, -0.25) is 4.79 Å². The lowest BCUT2D eigenvalue weighted by molar-refractivity contribution is -0.118. The molecule has 3 rings (SSSR count). The summed E-state index contributed by atoms with van der Waals surface area (Å²) in [7, 11) is 0. The zero-order valence-corrected chi connectivity index (χ0v) is 13.2. The second-order valence-electron chi connectivity index (χ2n) is 5.36. The molecule has 1 amide bonds. The average Bonchev–Trinajstić information content (AvgIpc) is 2.55. The van der Waals surface area contributed by atoms with E-state index in [1.54, 1.807) is 0 Å². The largest absolute Gasteiger partial charge is 0.369 e. The van der Waals surface area contributed by atoms with Gasteiger partial charge in [0.05, 0.1) is 5.92 Å².